The number of rotatable bonds is 7. The maximum atomic E-state index is 12.0. The van der Waals surface area contributed by atoms with E-state index in [-0.39, 0.29) is 12.5 Å². The Morgan fingerprint density at radius 2 is 1.86 bits per heavy atom. The van der Waals surface area contributed by atoms with Crippen molar-refractivity contribution in [3.8, 4) is 17.3 Å². The Balaban J connectivity index is 1.19. The van der Waals surface area contributed by atoms with Crippen molar-refractivity contribution in [1.82, 2.24) is 25.5 Å². The van der Waals surface area contributed by atoms with Crippen LogP contribution in [0.15, 0.2) is 65.2 Å². The molecule has 1 unspecified atom stereocenters. The van der Waals surface area contributed by atoms with Crippen LogP contribution >= 0.6 is 0 Å². The second kappa shape index (κ2) is 11.4. The Bertz CT molecular complexity index is 1410. The topological polar surface area (TPSA) is 121 Å². The second-order valence-electron chi connectivity index (χ2n) is 8.78. The van der Waals surface area contributed by atoms with Crippen LogP contribution in [0.4, 0.5) is 5.69 Å². The van der Waals surface area contributed by atoms with Crippen molar-refractivity contribution in [2.24, 2.45) is 0 Å². The van der Waals surface area contributed by atoms with E-state index in [1.54, 1.807) is 18.3 Å². The summed E-state index contributed by atoms with van der Waals surface area (Å²) in [6.45, 7) is 3.74. The van der Waals surface area contributed by atoms with Crippen LogP contribution in [0.3, 0.4) is 0 Å². The third-order valence-electron chi connectivity index (χ3n) is 6.30. The van der Waals surface area contributed by atoms with Gasteiger partial charge in [-0.15, -0.1) is 0 Å². The van der Waals surface area contributed by atoms with Crippen LogP contribution in [-0.2, 0) is 0 Å². The number of hydrogen-bond acceptors (Lipinski definition) is 8. The standard InChI is InChI=1S/C27H26AsN7O2/c1-18-33-34-26(37-18)21-11-16-35(17-12-21)23-8-6-22(7-9-23)28-27-31-14-10-24(32-27)19-2-4-20(5-3-19)25(36)30-15-13-29/h2-10,14,21,28H,11-12,15-17H2,1H3,(H,30,36). The van der Waals surface area contributed by atoms with Gasteiger partial charge in [0.05, 0.1) is 0 Å². The molecule has 2 aromatic heterocycles. The summed E-state index contributed by atoms with van der Waals surface area (Å²) in [7, 11) is 0. The number of carbonyl (C=O) groups is 1. The van der Waals surface area contributed by atoms with Crippen LogP contribution in [0.25, 0.3) is 11.3 Å². The zero-order valence-electron chi connectivity index (χ0n) is 20.4. The van der Waals surface area contributed by atoms with E-state index in [2.05, 4.69) is 49.7 Å². The number of amides is 1. The van der Waals surface area contributed by atoms with Gasteiger partial charge in [0.2, 0.25) is 0 Å². The molecular weight excluding hydrogens is 529 g/mol. The van der Waals surface area contributed by atoms with Gasteiger partial charge >= 0.3 is 222 Å². The number of aryl methyl sites for hydroxylation is 1. The molecule has 1 atom stereocenters. The zero-order chi connectivity index (χ0) is 25.6. The molecule has 2 aromatic carbocycles. The number of nitrogens with one attached hydrogen (secondary N) is 1. The van der Waals surface area contributed by atoms with E-state index in [9.17, 15) is 4.79 Å². The fourth-order valence-electron chi connectivity index (χ4n) is 4.34. The Morgan fingerprint density at radius 1 is 1.11 bits per heavy atom. The van der Waals surface area contributed by atoms with Crippen molar-refractivity contribution < 1.29 is 9.21 Å². The van der Waals surface area contributed by atoms with Gasteiger partial charge in [0.15, 0.2) is 0 Å². The summed E-state index contributed by atoms with van der Waals surface area (Å²) in [6.07, 6.45) is 3.80. The van der Waals surface area contributed by atoms with Gasteiger partial charge in [-0.1, -0.05) is 0 Å². The number of benzene rings is 2. The minimum absolute atomic E-state index is 0.0132. The predicted octanol–water partition coefficient (Wildman–Crippen LogP) is 1.86. The summed E-state index contributed by atoms with van der Waals surface area (Å²) < 4.78 is 7.75. The Labute approximate surface area is 221 Å². The van der Waals surface area contributed by atoms with Gasteiger partial charge in [-0.05, 0) is 0 Å². The molecule has 9 nitrogen and oxygen atoms in total. The average Bonchev–Trinajstić information content (AvgIpc) is 3.39. The molecule has 0 bridgehead atoms. The van der Waals surface area contributed by atoms with Gasteiger partial charge in [0.25, 0.3) is 0 Å². The van der Waals surface area contributed by atoms with Gasteiger partial charge in [-0.3, -0.25) is 0 Å². The summed E-state index contributed by atoms with van der Waals surface area (Å²) in [4.78, 5) is 23.7. The second-order valence-corrected chi connectivity index (χ2v) is 11.5. The fraction of sp³-hybridized carbons (Fsp3) is 0.259. The molecule has 0 saturated carbocycles. The molecule has 3 heterocycles. The van der Waals surface area contributed by atoms with Crippen molar-refractivity contribution in [2.45, 2.75) is 25.7 Å². The van der Waals surface area contributed by atoms with Crippen LogP contribution in [-0.4, -0.2) is 61.5 Å². The number of piperidine rings is 1. The molecule has 10 heteroatoms. The quantitative estimate of drug-likeness (QED) is 0.271. The molecule has 1 saturated heterocycles. The van der Waals surface area contributed by atoms with Crippen molar-refractivity contribution in [3.05, 3.63) is 78.1 Å². The van der Waals surface area contributed by atoms with Crippen molar-refractivity contribution in [1.29, 1.82) is 5.26 Å². The SMILES string of the molecule is Cc1nnc(C2CCN(c3ccc([AsH]c4nccc(-c5ccc(C(=O)NCC#N)cc5)n4)cc3)CC2)o1. The van der Waals surface area contributed by atoms with Gasteiger partial charge in [-0.2, -0.15) is 0 Å². The molecule has 5 rings (SSSR count). The van der Waals surface area contributed by atoms with Gasteiger partial charge in [-0.25, -0.2) is 0 Å². The molecule has 186 valence electrons. The average molecular weight is 555 g/mol. The molecule has 1 amide bonds. The van der Waals surface area contributed by atoms with Crippen molar-refractivity contribution >= 4 is 36.3 Å². The first-order valence-electron chi connectivity index (χ1n) is 12.1. The van der Waals surface area contributed by atoms with E-state index < -0.39 is 15.8 Å². The Morgan fingerprint density at radius 3 is 2.54 bits per heavy atom. The van der Waals surface area contributed by atoms with Crippen molar-refractivity contribution in [3.63, 3.8) is 0 Å². The van der Waals surface area contributed by atoms with Crippen molar-refractivity contribution in [2.75, 3.05) is 24.5 Å². The third-order valence-corrected chi connectivity index (χ3v) is 8.58. The van der Waals surface area contributed by atoms with E-state index in [0.717, 1.165) is 47.7 Å². The van der Waals surface area contributed by atoms with E-state index in [4.69, 9.17) is 14.7 Å². The number of carbonyl (C=O) groups excluding carboxylic acids is 1. The molecule has 1 aliphatic rings. The normalized spacial score (nSPS) is 14.1. The first kappa shape index (κ1) is 24.7. The summed E-state index contributed by atoms with van der Waals surface area (Å²) >= 11 is -0.693. The Kier molecular flexibility index (Phi) is 7.57. The van der Waals surface area contributed by atoms with E-state index in [0.29, 0.717) is 17.4 Å². The molecular formula is C27H26AsN7O2. The number of hydrogen-bond donors (Lipinski definition) is 1. The third kappa shape index (κ3) is 6.04. The first-order chi connectivity index (χ1) is 18.1. The summed E-state index contributed by atoms with van der Waals surface area (Å²) in [5, 5.41) is 19.3. The van der Waals surface area contributed by atoms with E-state index in [1.807, 2.05) is 31.2 Å². The molecule has 37 heavy (non-hydrogen) atoms. The number of anilines is 1. The van der Waals surface area contributed by atoms with Gasteiger partial charge in [0, 0.05) is 0 Å². The predicted molar refractivity (Wildman–Crippen MR) is 141 cm³/mol. The van der Waals surface area contributed by atoms with Crippen LogP contribution < -0.4 is 19.2 Å². The minimum atomic E-state index is -0.693. The summed E-state index contributed by atoms with van der Waals surface area (Å²) in [5.41, 5.74) is 3.48. The molecule has 0 aliphatic carbocycles. The summed E-state index contributed by atoms with van der Waals surface area (Å²) in [5.74, 6) is 1.46. The molecule has 1 fully saturated rings. The van der Waals surface area contributed by atoms with Crippen LogP contribution in [0.2, 0.25) is 0 Å². The van der Waals surface area contributed by atoms with E-state index in [1.165, 1.54) is 10.0 Å². The molecule has 1 N–H and O–H groups in total. The fourth-order valence-corrected chi connectivity index (χ4v) is 6.24. The van der Waals surface area contributed by atoms with Crippen LogP contribution in [0.1, 0.15) is 40.9 Å². The summed E-state index contributed by atoms with van der Waals surface area (Å²) in [6, 6.07) is 19.8. The zero-order valence-corrected chi connectivity index (χ0v) is 22.5. The van der Waals surface area contributed by atoms with Crippen LogP contribution in [0, 0.1) is 18.3 Å². The molecule has 0 radical (unpaired) electrons. The van der Waals surface area contributed by atoms with Gasteiger partial charge < -0.3 is 0 Å². The number of aromatic nitrogens is 4. The number of nitrogens with zero attached hydrogens (tertiary/aromatic N) is 6. The van der Waals surface area contributed by atoms with Crippen LogP contribution in [0.5, 0.6) is 0 Å². The first-order valence-corrected chi connectivity index (χ1v) is 14.2. The Hall–Kier alpha value is -4.02. The monoisotopic (exact) mass is 555 g/mol. The molecule has 0 spiro atoms. The maximum absolute atomic E-state index is 12.0. The van der Waals surface area contributed by atoms with Gasteiger partial charge in [0.1, 0.15) is 0 Å². The number of nitriles is 1. The van der Waals surface area contributed by atoms with E-state index >= 15 is 0 Å². The molecule has 1 aliphatic heterocycles. The molecule has 4 aromatic rings.